The number of amides is 1. The molecule has 0 N–H and O–H groups in total. The van der Waals surface area contributed by atoms with Gasteiger partial charge in [0.2, 0.25) is 0 Å². The van der Waals surface area contributed by atoms with Crippen molar-refractivity contribution >= 4 is 21.8 Å². The highest BCUT2D eigenvalue weighted by molar-refractivity contribution is 9.10. The molecule has 0 atom stereocenters. The van der Waals surface area contributed by atoms with E-state index < -0.39 is 0 Å². The van der Waals surface area contributed by atoms with Gasteiger partial charge in [-0.3, -0.25) is 4.79 Å². The van der Waals surface area contributed by atoms with Gasteiger partial charge in [-0.25, -0.2) is 0 Å². The van der Waals surface area contributed by atoms with E-state index in [-0.39, 0.29) is 12.7 Å². The van der Waals surface area contributed by atoms with Crippen LogP contribution in [0.25, 0.3) is 0 Å². The number of halogens is 1. The predicted molar refractivity (Wildman–Crippen MR) is 86.7 cm³/mol. The number of ether oxygens (including phenoxy) is 2. The average molecular weight is 362 g/mol. The first-order chi connectivity index (χ1) is 10.7. The van der Waals surface area contributed by atoms with E-state index in [0.717, 1.165) is 4.47 Å². The van der Waals surface area contributed by atoms with Crippen LogP contribution in [0.15, 0.2) is 46.9 Å². The van der Waals surface area contributed by atoms with Gasteiger partial charge in [0.15, 0.2) is 6.79 Å². The molecule has 5 heteroatoms. The highest BCUT2D eigenvalue weighted by Crippen LogP contribution is 2.29. The molecule has 0 fully saturated rings. The molecule has 1 heterocycles. The quantitative estimate of drug-likeness (QED) is 0.781. The third-order valence-electron chi connectivity index (χ3n) is 3.63. The molecule has 114 valence electrons. The first-order valence-corrected chi connectivity index (χ1v) is 7.75. The molecule has 0 unspecified atom stereocenters. The molecule has 2 aromatic carbocycles. The van der Waals surface area contributed by atoms with Gasteiger partial charge in [-0.05, 0) is 29.3 Å². The molecule has 0 radical (unpaired) electrons. The number of carbonyl (C=O) groups excluding carboxylic acids is 1. The van der Waals surface area contributed by atoms with Crippen LogP contribution in [0.1, 0.15) is 21.5 Å². The molecular weight excluding hydrogens is 346 g/mol. The lowest BCUT2D eigenvalue weighted by molar-refractivity contribution is 0.0490. The maximum Gasteiger partial charge on any atom is 0.258 e. The summed E-state index contributed by atoms with van der Waals surface area (Å²) in [6.45, 7) is 1.37. The predicted octanol–water partition coefficient (Wildman–Crippen LogP) is 3.59. The summed E-state index contributed by atoms with van der Waals surface area (Å²) >= 11 is 3.41. The Kier molecular flexibility index (Phi) is 4.45. The van der Waals surface area contributed by atoms with E-state index in [1.165, 1.54) is 11.1 Å². The van der Waals surface area contributed by atoms with Crippen LogP contribution in [0.4, 0.5) is 0 Å². The minimum atomic E-state index is -0.0383. The van der Waals surface area contributed by atoms with E-state index >= 15 is 0 Å². The average Bonchev–Trinajstić information content (AvgIpc) is 2.97. The zero-order valence-corrected chi connectivity index (χ0v) is 13.8. The first kappa shape index (κ1) is 15.1. The Morgan fingerprint density at radius 2 is 1.86 bits per heavy atom. The number of hydrogen-bond donors (Lipinski definition) is 0. The fourth-order valence-corrected chi connectivity index (χ4v) is 2.93. The lowest BCUT2D eigenvalue weighted by atomic mass is 10.1. The van der Waals surface area contributed by atoms with Crippen LogP contribution in [-0.4, -0.2) is 24.7 Å². The molecule has 4 nitrogen and oxygen atoms in total. The Labute approximate surface area is 137 Å². The summed E-state index contributed by atoms with van der Waals surface area (Å²) in [6.07, 6.45) is 0. The van der Waals surface area contributed by atoms with E-state index in [1.807, 2.05) is 23.1 Å². The topological polar surface area (TPSA) is 38.8 Å². The highest BCUT2D eigenvalue weighted by atomic mass is 79.9. The normalized spacial score (nSPS) is 13.1. The summed E-state index contributed by atoms with van der Waals surface area (Å²) in [5.41, 5.74) is 2.94. The standard InChI is InChI=1S/C17H16BrNO3/c1-21-11-22-16-7-6-14(18)8-15(16)17(20)19-9-12-4-2-3-5-13(12)10-19/h2-8H,9-11H2,1H3. The molecule has 0 bridgehead atoms. The number of benzene rings is 2. The van der Waals surface area contributed by atoms with Crippen LogP contribution < -0.4 is 4.74 Å². The van der Waals surface area contributed by atoms with Gasteiger partial charge in [0.1, 0.15) is 5.75 Å². The minimum Gasteiger partial charge on any atom is -0.467 e. The van der Waals surface area contributed by atoms with Gasteiger partial charge in [0.05, 0.1) is 5.56 Å². The largest absolute Gasteiger partial charge is 0.467 e. The fraction of sp³-hybridized carbons (Fsp3) is 0.235. The van der Waals surface area contributed by atoms with Crippen molar-refractivity contribution in [2.24, 2.45) is 0 Å². The van der Waals surface area contributed by atoms with Gasteiger partial charge in [-0.2, -0.15) is 0 Å². The monoisotopic (exact) mass is 361 g/mol. The summed E-state index contributed by atoms with van der Waals surface area (Å²) in [5, 5.41) is 0. The van der Waals surface area contributed by atoms with Gasteiger partial charge in [-0.1, -0.05) is 40.2 Å². The van der Waals surface area contributed by atoms with Crippen LogP contribution in [0.2, 0.25) is 0 Å². The van der Waals surface area contributed by atoms with Crippen molar-refractivity contribution in [3.8, 4) is 5.75 Å². The number of nitrogens with zero attached hydrogens (tertiary/aromatic N) is 1. The molecule has 0 saturated heterocycles. The number of carbonyl (C=O) groups is 1. The van der Waals surface area contributed by atoms with Crippen molar-refractivity contribution in [2.45, 2.75) is 13.1 Å². The van der Waals surface area contributed by atoms with E-state index in [2.05, 4.69) is 28.1 Å². The molecule has 2 aromatic rings. The zero-order valence-electron chi connectivity index (χ0n) is 12.2. The molecule has 0 aromatic heterocycles. The van der Waals surface area contributed by atoms with Crippen molar-refractivity contribution in [2.75, 3.05) is 13.9 Å². The Morgan fingerprint density at radius 1 is 1.18 bits per heavy atom. The Balaban J connectivity index is 1.85. The second-order valence-corrected chi connectivity index (χ2v) is 6.04. The lowest BCUT2D eigenvalue weighted by Crippen LogP contribution is -2.26. The minimum absolute atomic E-state index is 0.0383. The van der Waals surface area contributed by atoms with Gasteiger partial charge >= 0.3 is 0 Å². The molecule has 22 heavy (non-hydrogen) atoms. The Hall–Kier alpha value is -1.85. The van der Waals surface area contributed by atoms with Crippen molar-refractivity contribution in [1.82, 2.24) is 4.90 Å². The van der Waals surface area contributed by atoms with Crippen molar-refractivity contribution in [3.63, 3.8) is 0 Å². The molecule has 3 rings (SSSR count). The second kappa shape index (κ2) is 6.50. The molecule has 1 aliphatic heterocycles. The molecule has 0 spiro atoms. The number of hydrogen-bond acceptors (Lipinski definition) is 3. The van der Waals surface area contributed by atoms with Gasteiger partial charge in [0.25, 0.3) is 5.91 Å². The summed E-state index contributed by atoms with van der Waals surface area (Å²) in [6, 6.07) is 13.5. The van der Waals surface area contributed by atoms with Crippen molar-refractivity contribution in [1.29, 1.82) is 0 Å². The van der Waals surface area contributed by atoms with Crippen LogP contribution in [-0.2, 0) is 17.8 Å². The molecule has 1 aliphatic rings. The number of fused-ring (bicyclic) bond motifs is 1. The second-order valence-electron chi connectivity index (χ2n) is 5.12. The maximum absolute atomic E-state index is 12.8. The third kappa shape index (κ3) is 3.00. The lowest BCUT2D eigenvalue weighted by Gasteiger charge is -2.18. The Morgan fingerprint density at radius 3 is 2.50 bits per heavy atom. The Bertz CT molecular complexity index is 677. The van der Waals surface area contributed by atoms with E-state index in [4.69, 9.17) is 9.47 Å². The van der Waals surface area contributed by atoms with Crippen LogP contribution in [0.5, 0.6) is 5.75 Å². The van der Waals surface area contributed by atoms with Gasteiger partial charge < -0.3 is 14.4 Å². The van der Waals surface area contributed by atoms with Crippen LogP contribution in [0, 0.1) is 0 Å². The third-order valence-corrected chi connectivity index (χ3v) is 4.13. The van der Waals surface area contributed by atoms with Gasteiger partial charge in [-0.15, -0.1) is 0 Å². The van der Waals surface area contributed by atoms with Crippen molar-refractivity contribution in [3.05, 3.63) is 63.6 Å². The van der Waals surface area contributed by atoms with E-state index in [1.54, 1.807) is 19.2 Å². The number of rotatable bonds is 4. The van der Waals surface area contributed by atoms with Crippen LogP contribution >= 0.6 is 15.9 Å². The summed E-state index contributed by atoms with van der Waals surface area (Å²) < 4.78 is 11.3. The summed E-state index contributed by atoms with van der Waals surface area (Å²) in [4.78, 5) is 14.7. The smallest absolute Gasteiger partial charge is 0.258 e. The van der Waals surface area contributed by atoms with Gasteiger partial charge in [0, 0.05) is 24.7 Å². The molecular formula is C17H16BrNO3. The summed E-state index contributed by atoms with van der Waals surface area (Å²) in [7, 11) is 1.55. The van der Waals surface area contributed by atoms with E-state index in [9.17, 15) is 4.79 Å². The number of methoxy groups -OCH3 is 1. The zero-order chi connectivity index (χ0) is 15.5. The SMILES string of the molecule is COCOc1ccc(Br)cc1C(=O)N1Cc2ccccc2C1. The fourth-order valence-electron chi connectivity index (χ4n) is 2.56. The molecule has 1 amide bonds. The maximum atomic E-state index is 12.8. The van der Waals surface area contributed by atoms with E-state index in [0.29, 0.717) is 24.4 Å². The molecule has 0 saturated carbocycles. The highest BCUT2D eigenvalue weighted by Gasteiger charge is 2.26. The van der Waals surface area contributed by atoms with Crippen LogP contribution in [0.3, 0.4) is 0 Å². The molecule has 0 aliphatic carbocycles. The van der Waals surface area contributed by atoms with Crippen molar-refractivity contribution < 1.29 is 14.3 Å². The summed E-state index contributed by atoms with van der Waals surface area (Å²) in [5.74, 6) is 0.495. The first-order valence-electron chi connectivity index (χ1n) is 6.96.